The molecule has 0 saturated heterocycles. The molecular formula is C11H18F3NO2. The highest BCUT2D eigenvalue weighted by molar-refractivity contribution is 5.89. The number of ether oxygens (including phenoxy) is 1. The number of alkyl halides is 3. The number of hydrogen-bond acceptors (Lipinski definition) is 3. The fraction of sp³-hybridized carbons (Fsp3) is 0.727. The van der Waals surface area contributed by atoms with Crippen molar-refractivity contribution in [3.8, 4) is 0 Å². The van der Waals surface area contributed by atoms with E-state index >= 15 is 0 Å². The van der Waals surface area contributed by atoms with Crippen LogP contribution in [0.15, 0.2) is 12.2 Å². The summed E-state index contributed by atoms with van der Waals surface area (Å²) in [4.78, 5) is 11.1. The number of halogens is 3. The molecule has 3 nitrogen and oxygen atoms in total. The van der Waals surface area contributed by atoms with E-state index in [1.165, 1.54) is 0 Å². The third-order valence-corrected chi connectivity index (χ3v) is 1.79. The van der Waals surface area contributed by atoms with E-state index in [1.54, 1.807) is 13.8 Å². The molecule has 17 heavy (non-hydrogen) atoms. The average molecular weight is 253 g/mol. The Bertz CT molecular complexity index is 262. The fourth-order valence-corrected chi connectivity index (χ4v) is 1.11. The van der Waals surface area contributed by atoms with E-state index in [2.05, 4.69) is 0 Å². The first-order chi connectivity index (χ1) is 7.70. The largest absolute Gasteiger partial charge is 0.409 e. The van der Waals surface area contributed by atoms with Crippen molar-refractivity contribution in [1.29, 1.82) is 0 Å². The SMILES string of the molecule is CC(N)COCC(C)CC(=O)C=CC(F)(F)F. The third kappa shape index (κ3) is 11.4. The maximum Gasteiger partial charge on any atom is 0.409 e. The minimum Gasteiger partial charge on any atom is -0.380 e. The zero-order chi connectivity index (χ0) is 13.5. The van der Waals surface area contributed by atoms with Gasteiger partial charge in [0.2, 0.25) is 0 Å². The van der Waals surface area contributed by atoms with Crippen molar-refractivity contribution in [1.82, 2.24) is 0 Å². The predicted molar refractivity (Wildman–Crippen MR) is 58.5 cm³/mol. The van der Waals surface area contributed by atoms with Crippen LogP contribution in [-0.4, -0.2) is 31.2 Å². The summed E-state index contributed by atoms with van der Waals surface area (Å²) in [6.45, 7) is 4.20. The van der Waals surface area contributed by atoms with Gasteiger partial charge in [-0.1, -0.05) is 6.92 Å². The van der Waals surface area contributed by atoms with Crippen molar-refractivity contribution in [2.45, 2.75) is 32.5 Å². The lowest BCUT2D eigenvalue weighted by molar-refractivity contribution is -0.116. The highest BCUT2D eigenvalue weighted by Gasteiger charge is 2.22. The van der Waals surface area contributed by atoms with Gasteiger partial charge in [0.05, 0.1) is 6.61 Å². The van der Waals surface area contributed by atoms with E-state index < -0.39 is 12.0 Å². The van der Waals surface area contributed by atoms with Gasteiger partial charge in [-0.3, -0.25) is 4.79 Å². The van der Waals surface area contributed by atoms with Crippen molar-refractivity contribution in [3.05, 3.63) is 12.2 Å². The van der Waals surface area contributed by atoms with Gasteiger partial charge in [0, 0.05) is 25.1 Å². The topological polar surface area (TPSA) is 52.3 Å². The minimum atomic E-state index is -4.44. The standard InChI is InChI=1S/C11H18F3NO2/c1-8(6-17-7-9(2)15)5-10(16)3-4-11(12,13)14/h3-4,8-9H,5-7,15H2,1-2H3. The van der Waals surface area contributed by atoms with Gasteiger partial charge < -0.3 is 10.5 Å². The van der Waals surface area contributed by atoms with E-state index in [0.29, 0.717) is 19.3 Å². The van der Waals surface area contributed by atoms with E-state index in [1.807, 2.05) is 0 Å². The summed E-state index contributed by atoms with van der Waals surface area (Å²) < 4.78 is 40.5. The molecule has 0 fully saturated rings. The molecule has 0 aromatic rings. The molecule has 2 N–H and O–H groups in total. The Labute approximate surface area is 98.8 Å². The number of hydrogen-bond donors (Lipinski definition) is 1. The molecular weight excluding hydrogens is 235 g/mol. The van der Waals surface area contributed by atoms with Crippen LogP contribution in [0, 0.1) is 5.92 Å². The molecule has 0 aliphatic carbocycles. The maximum absolute atomic E-state index is 11.8. The smallest absolute Gasteiger partial charge is 0.380 e. The lowest BCUT2D eigenvalue weighted by Crippen LogP contribution is -2.23. The molecule has 0 heterocycles. The van der Waals surface area contributed by atoms with Gasteiger partial charge in [-0.05, 0) is 18.9 Å². The van der Waals surface area contributed by atoms with E-state index in [-0.39, 0.29) is 24.5 Å². The second kappa shape index (κ2) is 7.45. The first-order valence-electron chi connectivity index (χ1n) is 5.33. The van der Waals surface area contributed by atoms with Gasteiger partial charge in [-0.25, -0.2) is 0 Å². The monoisotopic (exact) mass is 253 g/mol. The van der Waals surface area contributed by atoms with Gasteiger partial charge >= 0.3 is 6.18 Å². The second-order valence-electron chi connectivity index (χ2n) is 4.17. The van der Waals surface area contributed by atoms with Gasteiger partial charge in [-0.2, -0.15) is 13.2 Å². The normalized spacial score (nSPS) is 16.1. The molecule has 0 bridgehead atoms. The molecule has 0 aromatic carbocycles. The molecule has 2 atom stereocenters. The van der Waals surface area contributed by atoms with E-state index in [0.717, 1.165) is 0 Å². The molecule has 0 rings (SSSR count). The van der Waals surface area contributed by atoms with E-state index in [4.69, 9.17) is 10.5 Å². The highest BCUT2D eigenvalue weighted by Crippen LogP contribution is 2.16. The number of carbonyl (C=O) groups excluding carboxylic acids is 1. The number of carbonyl (C=O) groups is 1. The summed E-state index contributed by atoms with van der Waals surface area (Å²) >= 11 is 0. The maximum atomic E-state index is 11.8. The van der Waals surface area contributed by atoms with Gasteiger partial charge in [0.25, 0.3) is 0 Å². The Kier molecular flexibility index (Phi) is 7.06. The zero-order valence-corrected chi connectivity index (χ0v) is 9.96. The Morgan fingerprint density at radius 1 is 1.35 bits per heavy atom. The van der Waals surface area contributed by atoms with Crippen LogP contribution in [-0.2, 0) is 9.53 Å². The van der Waals surface area contributed by atoms with Crippen molar-refractivity contribution in [3.63, 3.8) is 0 Å². The van der Waals surface area contributed by atoms with Gasteiger partial charge in [-0.15, -0.1) is 0 Å². The number of nitrogens with two attached hydrogens (primary N) is 1. The van der Waals surface area contributed by atoms with Crippen LogP contribution in [0.3, 0.4) is 0 Å². The third-order valence-electron chi connectivity index (χ3n) is 1.79. The molecule has 0 aromatic heterocycles. The summed E-state index contributed by atoms with van der Waals surface area (Å²) in [5, 5.41) is 0. The molecule has 6 heteroatoms. The number of allylic oxidation sites excluding steroid dienone is 2. The fourth-order valence-electron chi connectivity index (χ4n) is 1.11. The van der Waals surface area contributed by atoms with E-state index in [9.17, 15) is 18.0 Å². The van der Waals surface area contributed by atoms with Crippen molar-refractivity contribution in [2.24, 2.45) is 11.7 Å². The molecule has 100 valence electrons. The molecule has 0 aliphatic heterocycles. The van der Waals surface area contributed by atoms with Crippen molar-refractivity contribution in [2.75, 3.05) is 13.2 Å². The minimum absolute atomic E-state index is 0.0333. The highest BCUT2D eigenvalue weighted by atomic mass is 19.4. The number of ketones is 1. The van der Waals surface area contributed by atoms with Crippen LogP contribution in [0.5, 0.6) is 0 Å². The van der Waals surface area contributed by atoms with Crippen LogP contribution in [0.4, 0.5) is 13.2 Å². The van der Waals surface area contributed by atoms with Gasteiger partial charge in [0.15, 0.2) is 5.78 Å². The zero-order valence-electron chi connectivity index (χ0n) is 9.96. The van der Waals surface area contributed by atoms with Crippen LogP contribution in [0.25, 0.3) is 0 Å². The molecule has 2 unspecified atom stereocenters. The quantitative estimate of drug-likeness (QED) is 0.707. The second-order valence-corrected chi connectivity index (χ2v) is 4.17. The Morgan fingerprint density at radius 3 is 2.41 bits per heavy atom. The summed E-state index contributed by atoms with van der Waals surface area (Å²) in [5.41, 5.74) is 5.45. The molecule has 0 saturated carbocycles. The Balaban J connectivity index is 3.84. The van der Waals surface area contributed by atoms with Crippen LogP contribution in [0.2, 0.25) is 0 Å². The summed E-state index contributed by atoms with van der Waals surface area (Å²) in [6.07, 6.45) is -3.90. The van der Waals surface area contributed by atoms with Crippen molar-refractivity contribution < 1.29 is 22.7 Å². The first-order valence-corrected chi connectivity index (χ1v) is 5.33. The molecule has 0 amide bonds. The van der Waals surface area contributed by atoms with Crippen LogP contribution in [0.1, 0.15) is 20.3 Å². The molecule has 0 aliphatic rings. The van der Waals surface area contributed by atoms with Gasteiger partial charge in [0.1, 0.15) is 0 Å². The molecule has 0 radical (unpaired) electrons. The Morgan fingerprint density at radius 2 is 1.94 bits per heavy atom. The first kappa shape index (κ1) is 16.1. The summed E-state index contributed by atoms with van der Waals surface area (Å²) in [5.74, 6) is -0.682. The summed E-state index contributed by atoms with van der Waals surface area (Å²) in [6, 6.07) is -0.0944. The van der Waals surface area contributed by atoms with Crippen molar-refractivity contribution >= 4 is 5.78 Å². The lowest BCUT2D eigenvalue weighted by atomic mass is 10.1. The average Bonchev–Trinajstić information content (AvgIpc) is 2.13. The van der Waals surface area contributed by atoms with Crippen LogP contribution >= 0.6 is 0 Å². The Hall–Kier alpha value is -0.880. The lowest BCUT2D eigenvalue weighted by Gasteiger charge is -2.11. The van der Waals surface area contributed by atoms with Crippen LogP contribution < -0.4 is 5.73 Å². The molecule has 0 spiro atoms. The summed E-state index contributed by atoms with van der Waals surface area (Å²) in [7, 11) is 0. The predicted octanol–water partition coefficient (Wildman–Crippen LogP) is 2.06. The number of rotatable bonds is 7.